The Bertz CT molecular complexity index is 753. The zero-order valence-electron chi connectivity index (χ0n) is 20.2. The minimum Gasteiger partial charge on any atom is -0.390 e. The average molecular weight is 429 g/mol. The van der Waals surface area contributed by atoms with Crippen molar-refractivity contribution < 1.29 is 15.3 Å². The molecule has 3 fully saturated rings. The second kappa shape index (κ2) is 9.37. The van der Waals surface area contributed by atoms with E-state index in [0.717, 1.165) is 30.8 Å². The van der Waals surface area contributed by atoms with Gasteiger partial charge in [0, 0.05) is 6.42 Å². The number of rotatable bonds is 6. The summed E-state index contributed by atoms with van der Waals surface area (Å²) in [5.41, 5.74) is 3.41. The van der Waals surface area contributed by atoms with E-state index in [0.29, 0.717) is 34.8 Å². The van der Waals surface area contributed by atoms with Crippen LogP contribution in [0.5, 0.6) is 0 Å². The number of hydrogen-bond acceptors (Lipinski definition) is 3. The molecular formula is C28H44O3. The summed E-state index contributed by atoms with van der Waals surface area (Å²) in [4.78, 5) is 0. The molecule has 3 aliphatic rings. The predicted molar refractivity (Wildman–Crippen MR) is 129 cm³/mol. The predicted octanol–water partition coefficient (Wildman–Crippen LogP) is 5.87. The van der Waals surface area contributed by atoms with E-state index in [1.807, 2.05) is 13.8 Å². The minimum atomic E-state index is -0.842. The van der Waals surface area contributed by atoms with Gasteiger partial charge in [-0.1, -0.05) is 57.6 Å². The van der Waals surface area contributed by atoms with Crippen molar-refractivity contribution in [1.29, 1.82) is 0 Å². The molecule has 0 aliphatic heterocycles. The maximum atomic E-state index is 10.3. The van der Waals surface area contributed by atoms with Crippen molar-refractivity contribution in [3.8, 4) is 0 Å². The number of hydrogen-bond donors (Lipinski definition) is 3. The van der Waals surface area contributed by atoms with E-state index in [4.69, 9.17) is 0 Å². The Morgan fingerprint density at radius 3 is 2.58 bits per heavy atom. The molecule has 3 N–H and O–H groups in total. The van der Waals surface area contributed by atoms with E-state index < -0.39 is 17.8 Å². The zero-order valence-corrected chi connectivity index (χ0v) is 20.2. The van der Waals surface area contributed by atoms with Crippen LogP contribution in [0.1, 0.15) is 85.5 Å². The van der Waals surface area contributed by atoms with Gasteiger partial charge in [-0.15, -0.1) is 0 Å². The van der Waals surface area contributed by atoms with Crippen molar-refractivity contribution in [3.63, 3.8) is 0 Å². The first-order chi connectivity index (χ1) is 14.4. The van der Waals surface area contributed by atoms with Crippen LogP contribution in [0.15, 0.2) is 47.6 Å². The molecule has 3 nitrogen and oxygen atoms in total. The molecule has 3 saturated carbocycles. The van der Waals surface area contributed by atoms with Gasteiger partial charge in [0.25, 0.3) is 0 Å². The smallest absolute Gasteiger partial charge is 0.102 e. The fourth-order valence-electron chi connectivity index (χ4n) is 6.71. The summed E-state index contributed by atoms with van der Waals surface area (Å²) >= 11 is 0. The summed E-state index contributed by atoms with van der Waals surface area (Å²) in [5.74, 6) is 2.05. The van der Waals surface area contributed by atoms with Crippen LogP contribution in [0.3, 0.4) is 0 Å². The molecule has 1 unspecified atom stereocenters. The Labute approximate surface area is 189 Å². The summed E-state index contributed by atoms with van der Waals surface area (Å²) in [6.07, 6.45) is 12.7. The Morgan fingerprint density at radius 2 is 1.90 bits per heavy atom. The van der Waals surface area contributed by atoms with Gasteiger partial charge < -0.3 is 15.3 Å². The van der Waals surface area contributed by atoms with Gasteiger partial charge in [-0.25, -0.2) is 0 Å². The normalized spacial score (nSPS) is 38.0. The first kappa shape index (κ1) is 24.5. The summed E-state index contributed by atoms with van der Waals surface area (Å²) in [7, 11) is 0. The summed E-state index contributed by atoms with van der Waals surface area (Å²) in [6, 6.07) is 0. The fourth-order valence-corrected chi connectivity index (χ4v) is 6.71. The molecule has 0 aromatic carbocycles. The molecule has 3 aliphatic carbocycles. The van der Waals surface area contributed by atoms with Gasteiger partial charge in [-0.3, -0.25) is 0 Å². The monoisotopic (exact) mass is 428 g/mol. The molecule has 31 heavy (non-hydrogen) atoms. The van der Waals surface area contributed by atoms with Crippen molar-refractivity contribution >= 4 is 0 Å². The van der Waals surface area contributed by atoms with Crippen LogP contribution < -0.4 is 0 Å². The van der Waals surface area contributed by atoms with Crippen LogP contribution in [0.25, 0.3) is 0 Å². The van der Waals surface area contributed by atoms with Gasteiger partial charge in [-0.05, 0) is 92.3 Å². The van der Waals surface area contributed by atoms with Crippen molar-refractivity contribution in [2.24, 2.45) is 23.2 Å². The van der Waals surface area contributed by atoms with E-state index in [1.54, 1.807) is 0 Å². The third-order valence-corrected chi connectivity index (χ3v) is 8.61. The second-order valence-electron chi connectivity index (χ2n) is 11.4. The van der Waals surface area contributed by atoms with Gasteiger partial charge in [-0.2, -0.15) is 0 Å². The molecule has 0 heterocycles. The summed E-state index contributed by atoms with van der Waals surface area (Å²) in [6.45, 7) is 16.6. The highest BCUT2D eigenvalue weighted by molar-refractivity contribution is 5.45. The van der Waals surface area contributed by atoms with Crippen LogP contribution >= 0.6 is 0 Å². The molecule has 0 aromatic rings. The average Bonchev–Trinajstić information content (AvgIpc) is 3.04. The van der Waals surface area contributed by atoms with Gasteiger partial charge in [0.15, 0.2) is 0 Å². The molecule has 0 spiro atoms. The van der Waals surface area contributed by atoms with Crippen LogP contribution in [0.4, 0.5) is 0 Å². The standard InChI is InChI=1S/C28H44O3/c1-18(9-7-15-27(4,5)31)23-13-14-24-21(10-8-16-28(23,24)6)11-12-22-17-25(29)20(3)26(30)19(22)2/h11-12,18,23-26,29-31H,2-3,7-10,13-17H2,1,4-6H3/b21-11?,22-12+/t18-,23+,24?,25+,26+,28+/m0/s1. The molecule has 0 bridgehead atoms. The largest absolute Gasteiger partial charge is 0.390 e. The fraction of sp³-hybridized carbons (Fsp3) is 0.714. The Kier molecular flexibility index (Phi) is 7.40. The number of aliphatic hydroxyl groups is 3. The summed E-state index contributed by atoms with van der Waals surface area (Å²) < 4.78 is 0. The molecule has 3 rings (SSSR count). The lowest BCUT2D eigenvalue weighted by atomic mass is 9.60. The topological polar surface area (TPSA) is 60.7 Å². The Balaban J connectivity index is 1.72. The number of aliphatic hydroxyl groups excluding tert-OH is 2. The quantitative estimate of drug-likeness (QED) is 0.464. The Hall–Kier alpha value is -1.16. The van der Waals surface area contributed by atoms with Crippen LogP contribution in [-0.4, -0.2) is 33.1 Å². The van der Waals surface area contributed by atoms with Gasteiger partial charge in [0.2, 0.25) is 0 Å². The van der Waals surface area contributed by atoms with Crippen LogP contribution in [0.2, 0.25) is 0 Å². The molecule has 3 heteroatoms. The lowest BCUT2D eigenvalue weighted by Gasteiger charge is -2.44. The maximum absolute atomic E-state index is 10.3. The van der Waals surface area contributed by atoms with Crippen LogP contribution in [0, 0.1) is 23.2 Å². The van der Waals surface area contributed by atoms with E-state index in [9.17, 15) is 15.3 Å². The lowest BCUT2D eigenvalue weighted by molar-refractivity contribution is 0.0596. The van der Waals surface area contributed by atoms with Gasteiger partial charge in [0.05, 0.1) is 11.7 Å². The number of allylic oxidation sites excluding steroid dienone is 3. The van der Waals surface area contributed by atoms with Crippen molar-refractivity contribution in [2.45, 2.75) is 103 Å². The van der Waals surface area contributed by atoms with Gasteiger partial charge >= 0.3 is 0 Å². The van der Waals surface area contributed by atoms with Crippen molar-refractivity contribution in [1.82, 2.24) is 0 Å². The molecular weight excluding hydrogens is 384 g/mol. The highest BCUT2D eigenvalue weighted by Crippen LogP contribution is 2.60. The van der Waals surface area contributed by atoms with E-state index in [1.165, 1.54) is 37.7 Å². The van der Waals surface area contributed by atoms with Crippen molar-refractivity contribution in [2.75, 3.05) is 0 Å². The minimum absolute atomic E-state index is 0.355. The number of fused-ring (bicyclic) bond motifs is 1. The molecule has 174 valence electrons. The van der Waals surface area contributed by atoms with E-state index in [-0.39, 0.29) is 0 Å². The Morgan fingerprint density at radius 1 is 1.19 bits per heavy atom. The second-order valence-corrected chi connectivity index (χ2v) is 11.4. The first-order valence-corrected chi connectivity index (χ1v) is 12.3. The van der Waals surface area contributed by atoms with Gasteiger partial charge in [0.1, 0.15) is 6.10 Å². The highest BCUT2D eigenvalue weighted by atomic mass is 16.3. The van der Waals surface area contributed by atoms with Crippen LogP contribution in [-0.2, 0) is 0 Å². The molecule has 6 atom stereocenters. The van der Waals surface area contributed by atoms with E-state index in [2.05, 4.69) is 39.2 Å². The third kappa shape index (κ3) is 5.26. The molecule has 0 radical (unpaired) electrons. The maximum Gasteiger partial charge on any atom is 0.102 e. The molecule has 0 saturated heterocycles. The van der Waals surface area contributed by atoms with E-state index >= 15 is 0 Å². The summed E-state index contributed by atoms with van der Waals surface area (Å²) in [5, 5.41) is 30.5. The third-order valence-electron chi connectivity index (χ3n) is 8.61. The molecule has 0 aromatic heterocycles. The first-order valence-electron chi connectivity index (χ1n) is 12.3. The SMILES string of the molecule is C=C1/C(=C/C=C2CCC[C@@]3(C)C2CC[C@@H]3[C@@H](C)CCCC(C)(C)O)C[C@@H](O)C(=C)[C@@H]1O. The highest BCUT2D eigenvalue weighted by Gasteiger charge is 2.50. The molecule has 0 amide bonds. The zero-order chi connectivity index (χ0) is 23.0. The van der Waals surface area contributed by atoms with Crippen molar-refractivity contribution in [3.05, 3.63) is 47.6 Å². The lowest BCUT2D eigenvalue weighted by Crippen LogP contribution is -2.36.